The van der Waals surface area contributed by atoms with Gasteiger partial charge in [-0.05, 0) is 52.3 Å². The van der Waals surface area contributed by atoms with E-state index in [0.29, 0.717) is 17.1 Å². The van der Waals surface area contributed by atoms with Gasteiger partial charge in [-0.3, -0.25) is 5.43 Å². The van der Waals surface area contributed by atoms with Gasteiger partial charge in [0.15, 0.2) is 11.6 Å². The third-order valence-corrected chi connectivity index (χ3v) is 3.94. The van der Waals surface area contributed by atoms with Crippen molar-refractivity contribution in [2.24, 2.45) is 5.10 Å². The molecular formula is C19H14FN7O3. The smallest absolute Gasteiger partial charge is 0.337 e. The summed E-state index contributed by atoms with van der Waals surface area (Å²) < 4.78 is 22.5. The van der Waals surface area contributed by atoms with E-state index in [2.05, 4.69) is 45.5 Å². The highest BCUT2D eigenvalue weighted by Crippen LogP contribution is 2.23. The number of methoxy groups -OCH3 is 1. The summed E-state index contributed by atoms with van der Waals surface area (Å²) in [5, 5.41) is 14.5. The first kappa shape index (κ1) is 18.9. The number of halogens is 1. The van der Waals surface area contributed by atoms with Crippen LogP contribution in [0.3, 0.4) is 0 Å². The number of nitrogens with one attached hydrogen (secondary N) is 2. The first-order valence-electron chi connectivity index (χ1n) is 8.63. The molecule has 0 saturated carbocycles. The van der Waals surface area contributed by atoms with Crippen LogP contribution in [0.15, 0.2) is 58.3 Å². The molecule has 0 fully saturated rings. The number of benzene rings is 2. The second-order valence-corrected chi connectivity index (χ2v) is 5.95. The number of ether oxygens (including phenoxy) is 1. The van der Waals surface area contributed by atoms with Gasteiger partial charge in [0.2, 0.25) is 11.3 Å². The highest BCUT2D eigenvalue weighted by atomic mass is 19.1. The molecule has 0 bridgehead atoms. The van der Waals surface area contributed by atoms with Crippen molar-refractivity contribution in [3.63, 3.8) is 0 Å². The zero-order valence-corrected chi connectivity index (χ0v) is 15.5. The first-order chi connectivity index (χ1) is 14.6. The third kappa shape index (κ3) is 4.19. The molecule has 11 heteroatoms. The second-order valence-electron chi connectivity index (χ2n) is 5.95. The number of esters is 1. The zero-order valence-electron chi connectivity index (χ0n) is 15.5. The van der Waals surface area contributed by atoms with Crippen molar-refractivity contribution in [1.82, 2.24) is 20.3 Å². The molecule has 0 amide bonds. The summed E-state index contributed by atoms with van der Waals surface area (Å²) in [5.41, 5.74) is 4.94. The number of hydrogen-bond acceptors (Lipinski definition) is 10. The van der Waals surface area contributed by atoms with Crippen LogP contribution in [0, 0.1) is 5.82 Å². The van der Waals surface area contributed by atoms with E-state index in [1.807, 2.05) is 0 Å². The molecule has 0 spiro atoms. The Bertz CT molecular complexity index is 1210. The number of carbonyl (C=O) groups excluding carboxylic acids is 1. The molecule has 0 aliphatic rings. The van der Waals surface area contributed by atoms with Gasteiger partial charge in [0.1, 0.15) is 5.82 Å². The Morgan fingerprint density at radius 1 is 1.03 bits per heavy atom. The molecule has 0 atom stereocenters. The summed E-state index contributed by atoms with van der Waals surface area (Å²) >= 11 is 0. The van der Waals surface area contributed by atoms with Crippen LogP contribution in [0.25, 0.3) is 11.3 Å². The Hall–Kier alpha value is -4.41. The second kappa shape index (κ2) is 8.31. The van der Waals surface area contributed by atoms with E-state index < -0.39 is 5.97 Å². The van der Waals surface area contributed by atoms with Gasteiger partial charge in [-0.1, -0.05) is 12.1 Å². The monoisotopic (exact) mass is 407 g/mol. The van der Waals surface area contributed by atoms with Gasteiger partial charge in [0.05, 0.1) is 18.9 Å². The van der Waals surface area contributed by atoms with Crippen LogP contribution in [0.4, 0.5) is 21.7 Å². The zero-order chi connectivity index (χ0) is 20.9. The van der Waals surface area contributed by atoms with E-state index in [9.17, 15) is 9.18 Å². The number of fused-ring (bicyclic) bond motifs is 1. The summed E-state index contributed by atoms with van der Waals surface area (Å²) in [6, 6.07) is 12.4. The van der Waals surface area contributed by atoms with Gasteiger partial charge in [0, 0.05) is 5.69 Å². The average Bonchev–Trinajstić information content (AvgIpc) is 3.22. The number of anilines is 3. The maximum atomic E-state index is 13.1. The van der Waals surface area contributed by atoms with Gasteiger partial charge in [-0.25, -0.2) is 18.8 Å². The molecule has 150 valence electrons. The highest BCUT2D eigenvalue weighted by Gasteiger charge is 2.13. The molecule has 2 N–H and O–H groups in total. The predicted molar refractivity (Wildman–Crippen MR) is 106 cm³/mol. The minimum absolute atomic E-state index is 0.194. The fraction of sp³-hybridized carbons (Fsp3) is 0.0526. The minimum Gasteiger partial charge on any atom is -0.465 e. The van der Waals surface area contributed by atoms with Crippen LogP contribution >= 0.6 is 0 Å². The van der Waals surface area contributed by atoms with E-state index in [1.54, 1.807) is 36.4 Å². The molecule has 0 radical (unpaired) electrons. The first-order valence-corrected chi connectivity index (χ1v) is 8.63. The van der Waals surface area contributed by atoms with E-state index in [1.165, 1.54) is 25.5 Å². The topological polar surface area (TPSA) is 127 Å². The van der Waals surface area contributed by atoms with Crippen LogP contribution < -0.4 is 10.7 Å². The molecule has 0 aliphatic carbocycles. The van der Waals surface area contributed by atoms with Crippen molar-refractivity contribution in [3.05, 3.63) is 65.5 Å². The number of hydrazone groups is 1. The lowest BCUT2D eigenvalue weighted by atomic mass is 10.1. The number of carbonyl (C=O) groups is 1. The van der Waals surface area contributed by atoms with Crippen LogP contribution in [0.5, 0.6) is 0 Å². The Labute approximate surface area is 168 Å². The molecule has 0 unspecified atom stereocenters. The van der Waals surface area contributed by atoms with Gasteiger partial charge < -0.3 is 10.1 Å². The molecular weight excluding hydrogens is 393 g/mol. The van der Waals surface area contributed by atoms with E-state index in [4.69, 9.17) is 0 Å². The normalized spacial score (nSPS) is 11.0. The summed E-state index contributed by atoms with van der Waals surface area (Å²) in [6.45, 7) is 0. The van der Waals surface area contributed by atoms with Crippen molar-refractivity contribution in [2.45, 2.75) is 0 Å². The molecule has 4 aromatic rings. The number of rotatable bonds is 6. The lowest BCUT2D eigenvalue weighted by Crippen LogP contribution is -2.03. The molecule has 4 rings (SSSR count). The summed E-state index contributed by atoms with van der Waals surface area (Å²) in [7, 11) is 1.32. The van der Waals surface area contributed by atoms with E-state index in [0.717, 1.165) is 5.56 Å². The molecule has 0 saturated heterocycles. The standard InChI is InChI=1S/C19H14FN7O3/c1-29-19(28)12-4-2-11(3-5-12)10-21-25-16-15(22-14-8-6-13(20)7-9-14)23-17-18(24-16)27-30-26-17/h2-10H,1H3,(H,22,23,26)(H,24,25,27)/b21-10+. The summed E-state index contributed by atoms with van der Waals surface area (Å²) in [5.74, 6) is -0.227. The summed E-state index contributed by atoms with van der Waals surface area (Å²) in [6.07, 6.45) is 1.54. The van der Waals surface area contributed by atoms with E-state index in [-0.39, 0.29) is 22.9 Å². The SMILES string of the molecule is COC(=O)c1ccc(/C=N/Nc2nc3nonc3nc2Nc2ccc(F)cc2)cc1. The Balaban J connectivity index is 1.55. The van der Waals surface area contributed by atoms with Crippen LogP contribution in [0.2, 0.25) is 0 Å². The van der Waals surface area contributed by atoms with Gasteiger partial charge in [-0.15, -0.1) is 0 Å². The Kier molecular flexibility index (Phi) is 5.24. The van der Waals surface area contributed by atoms with Crippen molar-refractivity contribution >= 4 is 40.8 Å². The van der Waals surface area contributed by atoms with Crippen molar-refractivity contribution in [2.75, 3.05) is 17.9 Å². The largest absolute Gasteiger partial charge is 0.465 e. The number of nitrogens with zero attached hydrogens (tertiary/aromatic N) is 5. The molecule has 0 aliphatic heterocycles. The minimum atomic E-state index is -0.419. The third-order valence-electron chi connectivity index (χ3n) is 3.94. The fourth-order valence-corrected chi connectivity index (χ4v) is 2.46. The Morgan fingerprint density at radius 3 is 2.37 bits per heavy atom. The van der Waals surface area contributed by atoms with Crippen molar-refractivity contribution < 1.29 is 18.6 Å². The maximum absolute atomic E-state index is 13.1. The summed E-state index contributed by atoms with van der Waals surface area (Å²) in [4.78, 5) is 20.1. The van der Waals surface area contributed by atoms with Crippen molar-refractivity contribution in [1.29, 1.82) is 0 Å². The van der Waals surface area contributed by atoms with Gasteiger partial charge in [0.25, 0.3) is 0 Å². The quantitative estimate of drug-likeness (QED) is 0.281. The number of aromatic nitrogens is 4. The molecule has 2 aromatic heterocycles. The lowest BCUT2D eigenvalue weighted by Gasteiger charge is -2.09. The predicted octanol–water partition coefficient (Wildman–Crippen LogP) is 3.13. The lowest BCUT2D eigenvalue weighted by molar-refractivity contribution is 0.0600. The van der Waals surface area contributed by atoms with Crippen LogP contribution in [-0.4, -0.2) is 39.6 Å². The molecule has 2 heterocycles. The average molecular weight is 407 g/mol. The Morgan fingerprint density at radius 2 is 1.70 bits per heavy atom. The van der Waals surface area contributed by atoms with Crippen LogP contribution in [0.1, 0.15) is 15.9 Å². The van der Waals surface area contributed by atoms with Gasteiger partial charge >= 0.3 is 5.97 Å². The van der Waals surface area contributed by atoms with Crippen LogP contribution in [-0.2, 0) is 4.74 Å². The van der Waals surface area contributed by atoms with E-state index >= 15 is 0 Å². The molecule has 2 aromatic carbocycles. The highest BCUT2D eigenvalue weighted by molar-refractivity contribution is 5.90. The maximum Gasteiger partial charge on any atom is 0.337 e. The van der Waals surface area contributed by atoms with Gasteiger partial charge in [-0.2, -0.15) is 10.1 Å². The number of hydrogen-bond donors (Lipinski definition) is 2. The molecule has 30 heavy (non-hydrogen) atoms. The van der Waals surface area contributed by atoms with Crippen molar-refractivity contribution in [3.8, 4) is 0 Å². The molecule has 10 nitrogen and oxygen atoms in total. The fourth-order valence-electron chi connectivity index (χ4n) is 2.46.